The molecular formula is C7H13F2N5O4S. The number of aliphatic hydroxyl groups is 1. The van der Waals surface area contributed by atoms with E-state index in [1.54, 1.807) is 5.32 Å². The number of aliphatic hydroxyl groups excluding tert-OH is 1. The molecule has 110 valence electrons. The third kappa shape index (κ3) is 5.52. The van der Waals surface area contributed by atoms with Gasteiger partial charge >= 0.3 is 0 Å². The van der Waals surface area contributed by atoms with Gasteiger partial charge in [-0.2, -0.15) is 27.2 Å². The van der Waals surface area contributed by atoms with E-state index in [0.29, 0.717) is 0 Å². The lowest BCUT2D eigenvalue weighted by Gasteiger charge is -2.29. The molecule has 0 unspecified atom stereocenters. The number of halogens is 2. The van der Waals surface area contributed by atoms with Crippen LogP contribution < -0.4 is 16.0 Å². The van der Waals surface area contributed by atoms with Gasteiger partial charge in [0.25, 0.3) is 28.2 Å². The zero-order valence-corrected chi connectivity index (χ0v) is 10.4. The number of amidine groups is 2. The number of aliphatic imine (C=N–C) groups is 2. The molecule has 0 bridgehead atoms. The van der Waals surface area contributed by atoms with Crippen LogP contribution in [-0.2, 0) is 10.1 Å². The van der Waals surface area contributed by atoms with E-state index in [0.717, 1.165) is 0 Å². The van der Waals surface area contributed by atoms with Gasteiger partial charge in [0.2, 0.25) is 0 Å². The molecule has 12 heteroatoms. The Labute approximate surface area is 107 Å². The molecule has 5 N–H and O–H groups in total. The maximum absolute atomic E-state index is 13.0. The molecule has 1 aliphatic heterocycles. The first-order valence-electron chi connectivity index (χ1n) is 5.10. The van der Waals surface area contributed by atoms with Crippen LogP contribution in [0.5, 0.6) is 0 Å². The number of hydrogen-bond donors (Lipinski definition) is 5. The summed E-state index contributed by atoms with van der Waals surface area (Å²) in [6.45, 7) is -0.833. The molecule has 1 rings (SSSR count). The first-order chi connectivity index (χ1) is 8.76. The molecule has 0 aromatic heterocycles. The molecule has 0 aliphatic carbocycles. The summed E-state index contributed by atoms with van der Waals surface area (Å²) in [7, 11) is -4.24. The Balaban J connectivity index is 2.78. The Morgan fingerprint density at radius 1 is 1.21 bits per heavy atom. The van der Waals surface area contributed by atoms with Crippen molar-refractivity contribution in [3.05, 3.63) is 0 Å². The first kappa shape index (κ1) is 15.8. The maximum atomic E-state index is 13.0. The highest BCUT2D eigenvalue weighted by Crippen LogP contribution is 2.10. The van der Waals surface area contributed by atoms with E-state index in [2.05, 4.69) is 20.6 Å². The summed E-state index contributed by atoms with van der Waals surface area (Å²) in [5.41, 5.74) is 0. The Hall–Kier alpha value is -1.21. The SMILES string of the molecule is O=S(=O)(O)CCNC1(NCCO)N=C(F)NC(F)=N1. The van der Waals surface area contributed by atoms with Crippen molar-refractivity contribution in [2.75, 3.05) is 25.4 Å². The average molecular weight is 301 g/mol. The van der Waals surface area contributed by atoms with Gasteiger partial charge in [0.05, 0.1) is 12.4 Å². The fourth-order valence-corrected chi connectivity index (χ4v) is 1.62. The third-order valence-electron chi connectivity index (χ3n) is 1.94. The van der Waals surface area contributed by atoms with Crippen LogP contribution in [0.15, 0.2) is 9.98 Å². The van der Waals surface area contributed by atoms with Crippen molar-refractivity contribution >= 4 is 22.3 Å². The van der Waals surface area contributed by atoms with Crippen molar-refractivity contribution in [1.29, 1.82) is 0 Å². The molecule has 1 aliphatic rings. The second-order valence-corrected chi connectivity index (χ2v) is 5.04. The number of rotatable bonds is 7. The van der Waals surface area contributed by atoms with Gasteiger partial charge in [0.15, 0.2) is 0 Å². The predicted molar refractivity (Wildman–Crippen MR) is 62.5 cm³/mol. The highest BCUT2D eigenvalue weighted by atomic mass is 32.2. The molecule has 0 amide bonds. The summed E-state index contributed by atoms with van der Waals surface area (Å²) in [5.74, 6) is -2.68. The van der Waals surface area contributed by atoms with Crippen molar-refractivity contribution in [2.45, 2.75) is 5.91 Å². The lowest BCUT2D eigenvalue weighted by atomic mass is 10.5. The summed E-state index contributed by atoms with van der Waals surface area (Å²) in [6.07, 6.45) is -2.56. The highest BCUT2D eigenvalue weighted by molar-refractivity contribution is 7.85. The van der Waals surface area contributed by atoms with Crippen molar-refractivity contribution in [3.8, 4) is 0 Å². The Kier molecular flexibility index (Phi) is 5.25. The van der Waals surface area contributed by atoms with Crippen LogP contribution in [0.2, 0.25) is 0 Å². The van der Waals surface area contributed by atoms with E-state index >= 15 is 0 Å². The van der Waals surface area contributed by atoms with Gasteiger partial charge in [0, 0.05) is 13.1 Å². The van der Waals surface area contributed by atoms with Crippen molar-refractivity contribution in [2.24, 2.45) is 9.98 Å². The molecule has 9 nitrogen and oxygen atoms in total. The molecule has 19 heavy (non-hydrogen) atoms. The van der Waals surface area contributed by atoms with Gasteiger partial charge in [-0.15, -0.1) is 0 Å². The molecule has 0 spiro atoms. The molecule has 0 atom stereocenters. The summed E-state index contributed by atoms with van der Waals surface area (Å²) in [4.78, 5) is 6.65. The van der Waals surface area contributed by atoms with Gasteiger partial charge in [-0.25, -0.2) is 0 Å². The molecule has 0 aromatic carbocycles. The predicted octanol–water partition coefficient (Wildman–Crippen LogP) is -2.09. The van der Waals surface area contributed by atoms with Gasteiger partial charge in [-0.05, 0) is 0 Å². The Morgan fingerprint density at radius 3 is 2.21 bits per heavy atom. The number of hydrogen-bond acceptors (Lipinski definition) is 8. The summed E-state index contributed by atoms with van der Waals surface area (Å²) in [6, 6.07) is 0. The molecule has 0 radical (unpaired) electrons. The molecule has 0 saturated heterocycles. The average Bonchev–Trinajstić information content (AvgIpc) is 2.23. The van der Waals surface area contributed by atoms with Crippen molar-refractivity contribution in [3.63, 3.8) is 0 Å². The third-order valence-corrected chi connectivity index (χ3v) is 2.66. The topological polar surface area (TPSA) is 135 Å². The van der Waals surface area contributed by atoms with Gasteiger partial charge in [-0.3, -0.25) is 20.5 Å². The standard InChI is InChI=1S/C7H13F2N5O4S/c8-5-12-6(9)14-7(13-5,10-1-3-15)11-2-4-19(16,17)18/h10-11,15H,1-4H2,(H,12,13,14)(H,16,17,18). The van der Waals surface area contributed by atoms with Gasteiger partial charge in [-0.1, -0.05) is 0 Å². The number of nitrogens with zero attached hydrogens (tertiary/aromatic N) is 2. The lowest BCUT2D eigenvalue weighted by molar-refractivity contribution is 0.227. The lowest BCUT2D eigenvalue weighted by Crippen LogP contribution is -2.59. The van der Waals surface area contributed by atoms with E-state index in [4.69, 9.17) is 9.66 Å². The van der Waals surface area contributed by atoms with E-state index in [-0.39, 0.29) is 19.7 Å². The van der Waals surface area contributed by atoms with Crippen LogP contribution in [0.1, 0.15) is 0 Å². The van der Waals surface area contributed by atoms with Crippen molar-refractivity contribution < 1.29 is 26.9 Å². The monoisotopic (exact) mass is 301 g/mol. The van der Waals surface area contributed by atoms with Crippen LogP contribution >= 0.6 is 0 Å². The van der Waals surface area contributed by atoms with E-state index in [1.165, 1.54) is 0 Å². The Morgan fingerprint density at radius 2 is 1.74 bits per heavy atom. The summed E-state index contributed by atoms with van der Waals surface area (Å²) in [5, 5.41) is 15.0. The fraction of sp³-hybridized carbons (Fsp3) is 0.714. The maximum Gasteiger partial charge on any atom is 0.289 e. The molecule has 1 heterocycles. The summed E-state index contributed by atoms with van der Waals surface area (Å²) < 4.78 is 55.7. The minimum atomic E-state index is -4.24. The van der Waals surface area contributed by atoms with E-state index in [9.17, 15) is 17.2 Å². The van der Waals surface area contributed by atoms with Gasteiger partial charge < -0.3 is 5.11 Å². The molecule has 0 fully saturated rings. The molecule has 0 aromatic rings. The fourth-order valence-electron chi connectivity index (χ4n) is 1.26. The second kappa shape index (κ2) is 6.29. The molecular weight excluding hydrogens is 288 g/mol. The van der Waals surface area contributed by atoms with E-state index in [1.807, 2.05) is 0 Å². The van der Waals surface area contributed by atoms with Gasteiger partial charge in [0.1, 0.15) is 0 Å². The minimum Gasteiger partial charge on any atom is -0.395 e. The van der Waals surface area contributed by atoms with Crippen molar-refractivity contribution in [1.82, 2.24) is 16.0 Å². The smallest absolute Gasteiger partial charge is 0.289 e. The van der Waals surface area contributed by atoms with Crippen LogP contribution in [0.4, 0.5) is 8.78 Å². The quantitative estimate of drug-likeness (QED) is 0.207. The minimum absolute atomic E-state index is 0.105. The zero-order chi connectivity index (χ0) is 14.5. The highest BCUT2D eigenvalue weighted by Gasteiger charge is 2.33. The summed E-state index contributed by atoms with van der Waals surface area (Å²) >= 11 is 0. The first-order valence-corrected chi connectivity index (χ1v) is 6.71. The van der Waals surface area contributed by atoms with E-state index < -0.39 is 34.0 Å². The largest absolute Gasteiger partial charge is 0.395 e. The van der Waals surface area contributed by atoms with Crippen LogP contribution in [0, 0.1) is 0 Å². The van der Waals surface area contributed by atoms with Crippen LogP contribution in [0.3, 0.4) is 0 Å². The zero-order valence-electron chi connectivity index (χ0n) is 9.60. The number of nitrogens with one attached hydrogen (secondary N) is 3. The van der Waals surface area contributed by atoms with Crippen LogP contribution in [0.25, 0.3) is 0 Å². The van der Waals surface area contributed by atoms with Crippen LogP contribution in [-0.4, -0.2) is 61.6 Å². The Bertz CT molecular complexity index is 462. The second-order valence-electron chi connectivity index (χ2n) is 3.47. The molecule has 0 saturated carbocycles. The normalized spacial score (nSPS) is 18.5.